The van der Waals surface area contributed by atoms with Gasteiger partial charge in [0.2, 0.25) is 0 Å². The van der Waals surface area contributed by atoms with Crippen LogP contribution in [0, 0.1) is 11.8 Å². The van der Waals surface area contributed by atoms with Crippen molar-refractivity contribution in [3.8, 4) is 34.5 Å². The molecule has 1 atom stereocenters. The minimum Gasteiger partial charge on any atom is -0.491 e. The number of carbonyl (C=O) groups excluding carboxylic acids is 1. The van der Waals surface area contributed by atoms with E-state index in [1.54, 1.807) is 52.7 Å². The van der Waals surface area contributed by atoms with Gasteiger partial charge >= 0.3 is 0 Å². The number of benzene rings is 2. The van der Waals surface area contributed by atoms with Gasteiger partial charge in [-0.05, 0) is 81.3 Å². The van der Waals surface area contributed by atoms with Crippen molar-refractivity contribution < 1.29 is 9.53 Å². The van der Waals surface area contributed by atoms with Crippen molar-refractivity contribution in [3.63, 3.8) is 0 Å². The predicted molar refractivity (Wildman–Crippen MR) is 182 cm³/mol. The zero-order valence-electron chi connectivity index (χ0n) is 26.6. The molecule has 0 aliphatic rings. The zero-order chi connectivity index (χ0) is 33.3. The predicted octanol–water partition coefficient (Wildman–Crippen LogP) is 5.41. The summed E-state index contributed by atoms with van der Waals surface area (Å²) in [6, 6.07) is 28.1. The van der Waals surface area contributed by atoms with Crippen LogP contribution in [-0.2, 0) is 7.05 Å². The minimum absolute atomic E-state index is 0.0155. The van der Waals surface area contributed by atoms with Crippen molar-refractivity contribution in [2.45, 2.75) is 32.9 Å². The number of para-hydroxylation sites is 1. The highest BCUT2D eigenvalue weighted by molar-refractivity contribution is 5.97. The third kappa shape index (κ3) is 8.29. The van der Waals surface area contributed by atoms with E-state index in [0.717, 1.165) is 11.3 Å². The van der Waals surface area contributed by atoms with Gasteiger partial charge in [0.05, 0.1) is 24.0 Å². The molecular weight excluding hydrogens is 590 g/mol. The Kier molecular flexibility index (Phi) is 10.1. The molecule has 0 spiro atoms. The fourth-order valence-corrected chi connectivity index (χ4v) is 4.73. The Labute approximate surface area is 273 Å². The van der Waals surface area contributed by atoms with Crippen molar-refractivity contribution in [3.05, 3.63) is 142 Å². The minimum atomic E-state index is -0.659. The second-order valence-electron chi connectivity index (χ2n) is 10.9. The van der Waals surface area contributed by atoms with Gasteiger partial charge < -0.3 is 15.8 Å². The summed E-state index contributed by atoms with van der Waals surface area (Å²) in [6.07, 6.45) is 3.36. The van der Waals surface area contributed by atoms with Gasteiger partial charge in [-0.2, -0.15) is 5.10 Å². The number of amides is 1. The molecule has 3 heterocycles. The molecule has 3 N–H and O–H groups in total. The lowest BCUT2D eigenvalue weighted by Gasteiger charge is -2.19. The molecule has 236 valence electrons. The van der Waals surface area contributed by atoms with E-state index >= 15 is 0 Å². The Balaban J connectivity index is 1.52. The molecule has 0 aliphatic heterocycles. The van der Waals surface area contributed by atoms with E-state index in [0.29, 0.717) is 28.3 Å². The quantitative estimate of drug-likeness (QED) is 0.231. The zero-order valence-corrected chi connectivity index (χ0v) is 26.6. The van der Waals surface area contributed by atoms with Crippen LogP contribution in [0.2, 0.25) is 0 Å². The number of hydrogen-bond donors (Lipinski definition) is 2. The highest BCUT2D eigenvalue weighted by Crippen LogP contribution is 2.23. The van der Waals surface area contributed by atoms with E-state index in [9.17, 15) is 9.59 Å². The van der Waals surface area contributed by atoms with Gasteiger partial charge in [-0.1, -0.05) is 42.3 Å². The molecule has 0 aliphatic carbocycles. The monoisotopic (exact) mass is 625 g/mol. The smallest absolute Gasteiger partial charge is 0.274 e. The topological polar surface area (TPSA) is 130 Å². The number of hydrogen-bond acceptors (Lipinski definition) is 7. The maximum absolute atomic E-state index is 14.0. The SMILES string of the molecule is CC(C)Oc1ccc(-c2cnc(N)c(C(=O)NC(C)c3cccccc(C#Cc4ccn(C)n4)cc(=O)n3-c3ccccc3)n2)cc1. The molecule has 0 bridgehead atoms. The van der Waals surface area contributed by atoms with Gasteiger partial charge in [0, 0.05) is 41.8 Å². The first kappa shape index (κ1) is 32.2. The van der Waals surface area contributed by atoms with Crippen molar-refractivity contribution in [1.82, 2.24) is 29.6 Å². The average Bonchev–Trinajstić information content (AvgIpc) is 3.48. The number of nitrogens with zero attached hydrogens (tertiary/aromatic N) is 5. The van der Waals surface area contributed by atoms with E-state index in [-0.39, 0.29) is 23.2 Å². The molecule has 1 amide bonds. The molecule has 5 aromatic rings. The lowest BCUT2D eigenvalue weighted by atomic mass is 10.1. The van der Waals surface area contributed by atoms with Crippen LogP contribution < -0.4 is 21.3 Å². The van der Waals surface area contributed by atoms with Crippen molar-refractivity contribution in [2.75, 3.05) is 5.73 Å². The van der Waals surface area contributed by atoms with Gasteiger partial charge in [0.25, 0.3) is 11.5 Å². The first-order valence-corrected chi connectivity index (χ1v) is 15.1. The van der Waals surface area contributed by atoms with E-state index in [1.807, 2.05) is 81.6 Å². The fourth-order valence-electron chi connectivity index (χ4n) is 4.73. The summed E-state index contributed by atoms with van der Waals surface area (Å²) in [6.45, 7) is 5.70. The molecular formula is C37H35N7O3. The summed E-state index contributed by atoms with van der Waals surface area (Å²) in [5.74, 6) is 6.22. The van der Waals surface area contributed by atoms with E-state index in [2.05, 4.69) is 32.2 Å². The third-order valence-electron chi connectivity index (χ3n) is 6.91. The van der Waals surface area contributed by atoms with E-state index in [1.165, 1.54) is 12.3 Å². The Morgan fingerprint density at radius 2 is 1.62 bits per heavy atom. The highest BCUT2D eigenvalue weighted by Gasteiger charge is 2.20. The number of nitrogen functional groups attached to an aromatic ring is 1. The summed E-state index contributed by atoms with van der Waals surface area (Å²) < 4.78 is 8.94. The summed E-state index contributed by atoms with van der Waals surface area (Å²) in [5.41, 5.74) is 9.19. The van der Waals surface area contributed by atoms with E-state index in [4.69, 9.17) is 10.5 Å². The first-order chi connectivity index (χ1) is 22.7. The fraction of sp³-hybridized carbons (Fsp3) is 0.162. The number of nitrogens with two attached hydrogens (primary N) is 1. The molecule has 3 aromatic heterocycles. The summed E-state index contributed by atoms with van der Waals surface area (Å²) in [5, 5.41) is 7.26. The van der Waals surface area contributed by atoms with Crippen LogP contribution in [0.3, 0.4) is 0 Å². The Morgan fingerprint density at radius 3 is 2.30 bits per heavy atom. The largest absolute Gasteiger partial charge is 0.491 e. The molecule has 10 heteroatoms. The average molecular weight is 626 g/mol. The van der Waals surface area contributed by atoms with Crippen LogP contribution in [-0.4, -0.2) is 36.3 Å². The normalized spacial score (nSPS) is 11.2. The second kappa shape index (κ2) is 14.7. The van der Waals surface area contributed by atoms with Crippen molar-refractivity contribution in [2.24, 2.45) is 7.05 Å². The standard InChI is InChI=1S/C37H35N7O3/c1-25(2)47-31-19-16-28(17-20-31)32-24-39-36(38)35(41-32)37(46)40-26(3)33-14-10-5-7-11-27(15-18-29-21-22-43(4)42-29)23-34(45)44(33)30-12-8-6-9-13-30/h5-14,16-17,19-26H,1-4H3,(H2,38,39)(H,40,46). The third-order valence-corrected chi connectivity index (χ3v) is 6.91. The van der Waals surface area contributed by atoms with Gasteiger partial charge in [-0.25, -0.2) is 9.97 Å². The number of rotatable bonds is 7. The van der Waals surface area contributed by atoms with Gasteiger partial charge in [-0.15, -0.1) is 0 Å². The first-order valence-electron chi connectivity index (χ1n) is 15.1. The van der Waals surface area contributed by atoms with Gasteiger partial charge in [0.15, 0.2) is 11.5 Å². The van der Waals surface area contributed by atoms with Gasteiger partial charge in [0.1, 0.15) is 11.4 Å². The molecule has 0 saturated heterocycles. The molecule has 0 fully saturated rings. The number of nitrogens with one attached hydrogen (secondary N) is 1. The second-order valence-corrected chi connectivity index (χ2v) is 10.9. The van der Waals surface area contributed by atoms with Crippen LogP contribution in [0.15, 0.2) is 114 Å². The number of aryl methyl sites for hydroxylation is 1. The van der Waals surface area contributed by atoms with E-state index < -0.39 is 11.9 Å². The molecule has 47 heavy (non-hydrogen) atoms. The molecule has 0 radical (unpaired) electrons. The van der Waals surface area contributed by atoms with Crippen LogP contribution in [0.5, 0.6) is 5.75 Å². The van der Waals surface area contributed by atoms with Crippen LogP contribution in [0.4, 0.5) is 5.82 Å². The Hall–Kier alpha value is -6.21. The number of carbonyl (C=O) groups is 1. The van der Waals surface area contributed by atoms with Crippen LogP contribution in [0.25, 0.3) is 16.9 Å². The number of aromatic nitrogens is 5. The molecule has 10 nitrogen and oxygen atoms in total. The Bertz CT molecular complexity index is 2060. The van der Waals surface area contributed by atoms with Crippen LogP contribution in [0.1, 0.15) is 54.3 Å². The lowest BCUT2D eigenvalue weighted by molar-refractivity contribution is 0.0934. The lowest BCUT2D eigenvalue weighted by Crippen LogP contribution is -2.32. The Morgan fingerprint density at radius 1 is 0.915 bits per heavy atom. The van der Waals surface area contributed by atoms with Crippen molar-refractivity contribution in [1.29, 1.82) is 0 Å². The molecule has 1 unspecified atom stereocenters. The maximum atomic E-state index is 14.0. The summed E-state index contributed by atoms with van der Waals surface area (Å²) >= 11 is 0. The number of ether oxygens (including phenoxy) is 1. The highest BCUT2D eigenvalue weighted by atomic mass is 16.5. The van der Waals surface area contributed by atoms with Crippen LogP contribution >= 0.6 is 0 Å². The van der Waals surface area contributed by atoms with Crippen molar-refractivity contribution >= 4 is 11.7 Å². The molecule has 2 aromatic carbocycles. The molecule has 0 saturated carbocycles. The molecule has 5 rings (SSSR count). The summed E-state index contributed by atoms with van der Waals surface area (Å²) in [7, 11) is 1.81. The number of anilines is 1. The maximum Gasteiger partial charge on any atom is 0.274 e. The van der Waals surface area contributed by atoms with Gasteiger partial charge in [-0.3, -0.25) is 18.8 Å². The summed E-state index contributed by atoms with van der Waals surface area (Å²) in [4.78, 5) is 36.4.